The Morgan fingerprint density at radius 1 is 1.07 bits per heavy atom. The number of para-hydroxylation sites is 1. The van der Waals surface area contributed by atoms with Crippen molar-refractivity contribution in [1.82, 2.24) is 5.32 Å². The summed E-state index contributed by atoms with van der Waals surface area (Å²) in [6, 6.07) is 14.6. The molecule has 1 amide bonds. The van der Waals surface area contributed by atoms with Crippen molar-refractivity contribution in [3.05, 3.63) is 59.7 Å². The van der Waals surface area contributed by atoms with Gasteiger partial charge in [-0.3, -0.25) is 9.10 Å². The van der Waals surface area contributed by atoms with E-state index in [1.807, 2.05) is 64.1 Å². The third kappa shape index (κ3) is 6.78. The van der Waals surface area contributed by atoms with Crippen LogP contribution in [0.15, 0.2) is 48.5 Å². The monoisotopic (exact) mass is 418 g/mol. The molecule has 158 valence electrons. The normalized spacial score (nSPS) is 12.5. The van der Waals surface area contributed by atoms with Crippen LogP contribution >= 0.6 is 0 Å². The molecule has 29 heavy (non-hydrogen) atoms. The summed E-state index contributed by atoms with van der Waals surface area (Å²) in [5.74, 6) is 0.467. The van der Waals surface area contributed by atoms with Gasteiger partial charge in [-0.25, -0.2) is 8.42 Å². The Morgan fingerprint density at radius 2 is 1.69 bits per heavy atom. The van der Waals surface area contributed by atoms with Crippen LogP contribution in [0, 0.1) is 6.92 Å². The zero-order valence-electron chi connectivity index (χ0n) is 17.7. The van der Waals surface area contributed by atoms with Gasteiger partial charge in [0, 0.05) is 0 Å². The molecular formula is C22H30N2O4S. The minimum atomic E-state index is -3.62. The number of sulfonamides is 1. The average molecular weight is 419 g/mol. The van der Waals surface area contributed by atoms with Crippen molar-refractivity contribution < 1.29 is 17.9 Å². The second-order valence-corrected chi connectivity index (χ2v) is 9.48. The number of amides is 1. The van der Waals surface area contributed by atoms with E-state index < -0.39 is 10.0 Å². The number of hydrogen-bond acceptors (Lipinski definition) is 4. The molecule has 2 rings (SSSR count). The second kappa shape index (κ2) is 9.78. The largest absolute Gasteiger partial charge is 0.491 e. The van der Waals surface area contributed by atoms with Crippen molar-refractivity contribution in [2.24, 2.45) is 0 Å². The van der Waals surface area contributed by atoms with Crippen molar-refractivity contribution >= 4 is 21.6 Å². The zero-order chi connectivity index (χ0) is 21.6. The van der Waals surface area contributed by atoms with Gasteiger partial charge >= 0.3 is 0 Å². The zero-order valence-corrected chi connectivity index (χ0v) is 18.5. The summed E-state index contributed by atoms with van der Waals surface area (Å²) in [6.45, 7) is 7.80. The molecule has 0 saturated heterocycles. The predicted octanol–water partition coefficient (Wildman–Crippen LogP) is 3.47. The van der Waals surface area contributed by atoms with E-state index in [0.29, 0.717) is 5.69 Å². The van der Waals surface area contributed by atoms with E-state index in [9.17, 15) is 13.2 Å². The highest BCUT2D eigenvalue weighted by atomic mass is 32.2. The first-order valence-corrected chi connectivity index (χ1v) is 11.5. The molecule has 0 aliphatic carbocycles. The van der Waals surface area contributed by atoms with Gasteiger partial charge in [0.25, 0.3) is 0 Å². The lowest BCUT2D eigenvalue weighted by Gasteiger charge is -2.26. The molecule has 0 spiro atoms. The van der Waals surface area contributed by atoms with Crippen LogP contribution in [0.2, 0.25) is 0 Å². The molecule has 0 saturated carbocycles. The van der Waals surface area contributed by atoms with E-state index in [0.717, 1.165) is 27.4 Å². The van der Waals surface area contributed by atoms with Gasteiger partial charge in [-0.15, -0.1) is 0 Å². The van der Waals surface area contributed by atoms with Crippen LogP contribution < -0.4 is 14.4 Å². The fourth-order valence-corrected chi connectivity index (χ4v) is 3.81. The first kappa shape index (κ1) is 22.7. The molecular weight excluding hydrogens is 388 g/mol. The minimum Gasteiger partial charge on any atom is -0.491 e. The third-order valence-corrected chi connectivity index (χ3v) is 5.57. The smallest absolute Gasteiger partial charge is 0.241 e. The Kier molecular flexibility index (Phi) is 7.67. The predicted molar refractivity (Wildman–Crippen MR) is 117 cm³/mol. The molecule has 0 aliphatic heterocycles. The number of anilines is 1. The minimum absolute atomic E-state index is 0.125. The van der Waals surface area contributed by atoms with E-state index in [1.165, 1.54) is 0 Å². The number of carbonyl (C=O) groups is 1. The van der Waals surface area contributed by atoms with E-state index >= 15 is 0 Å². The van der Waals surface area contributed by atoms with E-state index in [4.69, 9.17) is 4.74 Å². The SMILES string of the molecule is Cc1ccc(OC[C@@H](C)NC(=O)CN(c2ccccc2C(C)C)S(C)(=O)=O)cc1. The standard InChI is InChI=1S/C22H30N2O4S/c1-16(2)20-8-6-7-9-21(20)24(29(5,26)27)14-22(25)23-18(4)15-28-19-12-10-17(3)11-13-19/h6-13,16,18H,14-15H2,1-5H3,(H,23,25)/t18-/m1/s1. The molecule has 6 nitrogen and oxygen atoms in total. The number of nitrogens with one attached hydrogen (secondary N) is 1. The molecule has 2 aromatic rings. The highest BCUT2D eigenvalue weighted by molar-refractivity contribution is 7.92. The fraction of sp³-hybridized carbons (Fsp3) is 0.409. The molecule has 0 unspecified atom stereocenters. The van der Waals surface area contributed by atoms with Gasteiger partial charge in [0.15, 0.2) is 0 Å². The number of carbonyl (C=O) groups excluding carboxylic acids is 1. The van der Waals surface area contributed by atoms with Crippen molar-refractivity contribution in [2.75, 3.05) is 23.7 Å². The number of benzene rings is 2. The van der Waals surface area contributed by atoms with Crippen LogP contribution in [-0.2, 0) is 14.8 Å². The quantitative estimate of drug-likeness (QED) is 0.677. The molecule has 1 N–H and O–H groups in total. The highest BCUT2D eigenvalue weighted by Crippen LogP contribution is 2.28. The van der Waals surface area contributed by atoms with Gasteiger partial charge in [0.2, 0.25) is 15.9 Å². The van der Waals surface area contributed by atoms with E-state index in [-0.39, 0.29) is 31.0 Å². The van der Waals surface area contributed by atoms with Gasteiger partial charge in [-0.2, -0.15) is 0 Å². The second-order valence-electron chi connectivity index (χ2n) is 7.58. The molecule has 0 aliphatic rings. The van der Waals surface area contributed by atoms with E-state index in [1.54, 1.807) is 12.1 Å². The molecule has 0 bridgehead atoms. The number of rotatable bonds is 9. The molecule has 0 fully saturated rings. The molecule has 7 heteroatoms. The Bertz CT molecular complexity index is 924. The number of ether oxygens (including phenoxy) is 1. The Labute approximate surface area is 173 Å². The van der Waals surface area contributed by atoms with Crippen LogP contribution in [0.4, 0.5) is 5.69 Å². The molecule has 1 atom stereocenters. The van der Waals surface area contributed by atoms with Crippen LogP contribution in [0.25, 0.3) is 0 Å². The maximum Gasteiger partial charge on any atom is 0.241 e. The van der Waals surface area contributed by atoms with E-state index in [2.05, 4.69) is 5.32 Å². The van der Waals surface area contributed by atoms with Gasteiger partial charge in [-0.05, 0) is 43.5 Å². The van der Waals surface area contributed by atoms with Crippen LogP contribution in [0.1, 0.15) is 37.8 Å². The van der Waals surface area contributed by atoms with Crippen molar-refractivity contribution in [1.29, 1.82) is 0 Å². The first-order valence-electron chi connectivity index (χ1n) is 9.63. The Morgan fingerprint density at radius 3 is 2.28 bits per heavy atom. The van der Waals surface area contributed by atoms with Gasteiger partial charge < -0.3 is 10.1 Å². The summed E-state index contributed by atoms with van der Waals surface area (Å²) >= 11 is 0. The Hall–Kier alpha value is -2.54. The highest BCUT2D eigenvalue weighted by Gasteiger charge is 2.24. The summed E-state index contributed by atoms with van der Waals surface area (Å²) in [5, 5.41) is 2.81. The average Bonchev–Trinajstić information content (AvgIpc) is 2.64. The summed E-state index contributed by atoms with van der Waals surface area (Å²) in [5.41, 5.74) is 2.55. The van der Waals surface area contributed by atoms with Crippen molar-refractivity contribution in [3.8, 4) is 5.75 Å². The third-order valence-electron chi connectivity index (χ3n) is 4.44. The molecule has 0 heterocycles. The van der Waals surface area contributed by atoms with Gasteiger partial charge in [0.05, 0.1) is 18.0 Å². The molecule has 0 radical (unpaired) electrons. The number of hydrogen-bond donors (Lipinski definition) is 1. The van der Waals surface area contributed by atoms with Gasteiger partial charge in [0.1, 0.15) is 18.9 Å². The van der Waals surface area contributed by atoms with Crippen LogP contribution in [0.5, 0.6) is 5.75 Å². The summed E-state index contributed by atoms with van der Waals surface area (Å²) in [4.78, 5) is 12.5. The lowest BCUT2D eigenvalue weighted by Crippen LogP contribution is -2.45. The lowest BCUT2D eigenvalue weighted by atomic mass is 10.0. The maximum absolute atomic E-state index is 12.5. The first-order chi connectivity index (χ1) is 13.6. The summed E-state index contributed by atoms with van der Waals surface area (Å²) in [6.07, 6.45) is 1.11. The van der Waals surface area contributed by atoms with Crippen molar-refractivity contribution in [2.45, 2.75) is 39.7 Å². The van der Waals surface area contributed by atoms with Gasteiger partial charge in [-0.1, -0.05) is 49.7 Å². The summed E-state index contributed by atoms with van der Waals surface area (Å²) in [7, 11) is -3.62. The number of aryl methyl sites for hydroxylation is 1. The number of nitrogens with zero attached hydrogens (tertiary/aromatic N) is 1. The lowest BCUT2D eigenvalue weighted by molar-refractivity contribution is -0.120. The summed E-state index contributed by atoms with van der Waals surface area (Å²) < 4.78 is 31.6. The fourth-order valence-electron chi connectivity index (χ4n) is 2.93. The maximum atomic E-state index is 12.5. The topological polar surface area (TPSA) is 75.7 Å². The van der Waals surface area contributed by atoms with Crippen molar-refractivity contribution in [3.63, 3.8) is 0 Å². The van der Waals surface area contributed by atoms with Crippen LogP contribution in [-0.4, -0.2) is 39.8 Å². The Balaban J connectivity index is 2.04. The molecule has 0 aromatic heterocycles. The molecule has 2 aromatic carbocycles. The van der Waals surface area contributed by atoms with Crippen LogP contribution in [0.3, 0.4) is 0 Å².